The predicted octanol–water partition coefficient (Wildman–Crippen LogP) is 5.14. The van der Waals surface area contributed by atoms with Gasteiger partial charge in [0.25, 0.3) is 0 Å². The number of hydrogen-bond acceptors (Lipinski definition) is 3. The lowest BCUT2D eigenvalue weighted by Crippen LogP contribution is -2.47. The number of rotatable bonds is 11. The van der Waals surface area contributed by atoms with E-state index in [-0.39, 0.29) is 29.9 Å². The summed E-state index contributed by atoms with van der Waals surface area (Å²) >= 11 is 0. The second-order valence-electron chi connectivity index (χ2n) is 9.59. The standard InChI is InChI=1S/C30H38N4O2/c1-22(2)34(23(3)4)29(35)28(26-16-11-18-31-20-26)27(25-14-9-6-10-15-25)21-33-30(36)32-19-17-24-12-7-5-8-13-24/h5-16,18,20,22-23,27-28H,17,19,21H2,1-4H3,(H2,32,33,36). The smallest absolute Gasteiger partial charge is 0.314 e. The van der Waals surface area contributed by atoms with Crippen LogP contribution in [0.1, 0.15) is 56.2 Å². The maximum absolute atomic E-state index is 14.1. The zero-order valence-electron chi connectivity index (χ0n) is 21.7. The first-order valence-electron chi connectivity index (χ1n) is 12.7. The largest absolute Gasteiger partial charge is 0.338 e. The molecule has 0 aliphatic rings. The first-order valence-corrected chi connectivity index (χ1v) is 12.7. The highest BCUT2D eigenvalue weighted by Gasteiger charge is 2.36. The molecule has 0 saturated carbocycles. The topological polar surface area (TPSA) is 74.3 Å². The van der Waals surface area contributed by atoms with Crippen LogP contribution < -0.4 is 10.6 Å². The fraction of sp³-hybridized carbons (Fsp3) is 0.367. The van der Waals surface area contributed by atoms with Gasteiger partial charge < -0.3 is 15.5 Å². The number of nitrogens with one attached hydrogen (secondary N) is 2. The van der Waals surface area contributed by atoms with Gasteiger partial charge in [-0.15, -0.1) is 0 Å². The van der Waals surface area contributed by atoms with Crippen LogP contribution in [0.4, 0.5) is 4.79 Å². The molecule has 3 amide bonds. The third-order valence-electron chi connectivity index (χ3n) is 6.33. The number of urea groups is 1. The van der Waals surface area contributed by atoms with E-state index in [1.54, 1.807) is 12.4 Å². The van der Waals surface area contributed by atoms with Gasteiger partial charge in [-0.1, -0.05) is 66.7 Å². The molecule has 1 heterocycles. The quantitative estimate of drug-likeness (QED) is 0.394. The Morgan fingerprint density at radius 2 is 1.42 bits per heavy atom. The van der Waals surface area contributed by atoms with Crippen molar-refractivity contribution in [2.75, 3.05) is 13.1 Å². The zero-order chi connectivity index (χ0) is 25.9. The molecule has 0 spiro atoms. The predicted molar refractivity (Wildman–Crippen MR) is 145 cm³/mol. The van der Waals surface area contributed by atoms with Crippen LogP contribution in [0.5, 0.6) is 0 Å². The fourth-order valence-corrected chi connectivity index (χ4v) is 4.73. The van der Waals surface area contributed by atoms with E-state index in [0.717, 1.165) is 17.5 Å². The lowest BCUT2D eigenvalue weighted by Gasteiger charge is -2.37. The van der Waals surface area contributed by atoms with E-state index in [9.17, 15) is 9.59 Å². The van der Waals surface area contributed by atoms with Crippen LogP contribution in [0.2, 0.25) is 0 Å². The molecule has 0 saturated heterocycles. The molecule has 1 aromatic heterocycles. The molecule has 6 nitrogen and oxygen atoms in total. The summed E-state index contributed by atoms with van der Waals surface area (Å²) in [5.74, 6) is -0.716. The van der Waals surface area contributed by atoms with Crippen LogP contribution >= 0.6 is 0 Å². The molecule has 0 aliphatic heterocycles. The van der Waals surface area contributed by atoms with Gasteiger partial charge in [-0.25, -0.2) is 4.79 Å². The number of carbonyl (C=O) groups is 2. The summed E-state index contributed by atoms with van der Waals surface area (Å²) in [6, 6.07) is 23.6. The summed E-state index contributed by atoms with van der Waals surface area (Å²) in [4.78, 5) is 33.0. The first kappa shape index (κ1) is 26.9. The molecule has 2 atom stereocenters. The van der Waals surface area contributed by atoms with E-state index in [0.29, 0.717) is 13.1 Å². The van der Waals surface area contributed by atoms with Crippen LogP contribution in [0.25, 0.3) is 0 Å². The average Bonchev–Trinajstić information content (AvgIpc) is 2.87. The van der Waals surface area contributed by atoms with Crippen molar-refractivity contribution in [2.24, 2.45) is 0 Å². The highest BCUT2D eigenvalue weighted by atomic mass is 16.2. The Labute approximate surface area is 215 Å². The molecule has 6 heteroatoms. The number of nitrogens with zero attached hydrogens (tertiary/aromatic N) is 2. The molecular weight excluding hydrogens is 448 g/mol. The number of hydrogen-bond donors (Lipinski definition) is 2. The van der Waals surface area contributed by atoms with Crippen molar-refractivity contribution < 1.29 is 9.59 Å². The Balaban J connectivity index is 1.83. The van der Waals surface area contributed by atoms with Crippen LogP contribution in [0.15, 0.2) is 85.2 Å². The van der Waals surface area contributed by atoms with Gasteiger partial charge in [0, 0.05) is 43.5 Å². The van der Waals surface area contributed by atoms with E-state index in [1.165, 1.54) is 5.56 Å². The second-order valence-corrected chi connectivity index (χ2v) is 9.59. The van der Waals surface area contributed by atoms with E-state index < -0.39 is 5.92 Å². The molecule has 3 aromatic rings. The summed E-state index contributed by atoms with van der Waals surface area (Å²) in [7, 11) is 0. The Morgan fingerprint density at radius 1 is 0.806 bits per heavy atom. The first-order chi connectivity index (χ1) is 17.4. The van der Waals surface area contributed by atoms with Crippen molar-refractivity contribution in [3.05, 3.63) is 102 Å². The molecule has 2 N–H and O–H groups in total. The van der Waals surface area contributed by atoms with Gasteiger partial charge in [0.05, 0.1) is 5.92 Å². The molecule has 2 aromatic carbocycles. The van der Waals surface area contributed by atoms with Gasteiger partial charge in [-0.3, -0.25) is 9.78 Å². The van der Waals surface area contributed by atoms with E-state index in [1.807, 2.05) is 105 Å². The lowest BCUT2D eigenvalue weighted by molar-refractivity contribution is -0.137. The van der Waals surface area contributed by atoms with E-state index >= 15 is 0 Å². The maximum Gasteiger partial charge on any atom is 0.314 e. The highest BCUT2D eigenvalue weighted by molar-refractivity contribution is 5.85. The van der Waals surface area contributed by atoms with Crippen molar-refractivity contribution in [1.82, 2.24) is 20.5 Å². The third-order valence-corrected chi connectivity index (χ3v) is 6.33. The molecule has 36 heavy (non-hydrogen) atoms. The van der Waals surface area contributed by atoms with Crippen LogP contribution in [-0.4, -0.2) is 47.0 Å². The summed E-state index contributed by atoms with van der Waals surface area (Å²) in [6.45, 7) is 8.99. The average molecular weight is 487 g/mol. The summed E-state index contributed by atoms with van der Waals surface area (Å²) in [6.07, 6.45) is 4.23. The van der Waals surface area contributed by atoms with Gasteiger partial charge in [-0.05, 0) is 56.9 Å². The molecule has 2 unspecified atom stereocenters. The lowest BCUT2D eigenvalue weighted by atomic mass is 9.80. The monoisotopic (exact) mass is 486 g/mol. The molecule has 0 aliphatic carbocycles. The minimum absolute atomic E-state index is 0.0353. The second kappa shape index (κ2) is 13.4. The van der Waals surface area contributed by atoms with Crippen molar-refractivity contribution >= 4 is 11.9 Å². The molecule has 190 valence electrons. The van der Waals surface area contributed by atoms with Gasteiger partial charge in [0.2, 0.25) is 5.91 Å². The van der Waals surface area contributed by atoms with E-state index in [2.05, 4.69) is 15.6 Å². The van der Waals surface area contributed by atoms with E-state index in [4.69, 9.17) is 0 Å². The number of amides is 3. The highest BCUT2D eigenvalue weighted by Crippen LogP contribution is 2.35. The van der Waals surface area contributed by atoms with Crippen molar-refractivity contribution in [2.45, 2.75) is 58.0 Å². The number of pyridine rings is 1. The maximum atomic E-state index is 14.1. The molecule has 0 fully saturated rings. The molecule has 0 radical (unpaired) electrons. The number of benzene rings is 2. The minimum atomic E-state index is -0.490. The van der Waals surface area contributed by atoms with Gasteiger partial charge >= 0.3 is 6.03 Å². The van der Waals surface area contributed by atoms with Crippen LogP contribution in [-0.2, 0) is 11.2 Å². The molecular formula is C30H38N4O2. The normalized spacial score (nSPS) is 12.7. The van der Waals surface area contributed by atoms with Crippen molar-refractivity contribution in [1.29, 1.82) is 0 Å². The summed E-state index contributed by atoms with van der Waals surface area (Å²) in [5, 5.41) is 5.98. The minimum Gasteiger partial charge on any atom is -0.338 e. The summed E-state index contributed by atoms with van der Waals surface area (Å²) in [5.41, 5.74) is 3.01. The van der Waals surface area contributed by atoms with Gasteiger partial charge in [0.15, 0.2) is 0 Å². The molecule has 3 rings (SSSR count). The number of carbonyl (C=O) groups excluding carboxylic acids is 2. The van der Waals surface area contributed by atoms with Crippen molar-refractivity contribution in [3.63, 3.8) is 0 Å². The SMILES string of the molecule is CC(C)N(C(=O)C(c1cccnc1)C(CNC(=O)NCCc1ccccc1)c1ccccc1)C(C)C. The van der Waals surface area contributed by atoms with Crippen molar-refractivity contribution in [3.8, 4) is 0 Å². The van der Waals surface area contributed by atoms with Crippen LogP contribution in [0, 0.1) is 0 Å². The van der Waals surface area contributed by atoms with Gasteiger partial charge in [0.1, 0.15) is 0 Å². The Kier molecular flexibility index (Phi) is 10.0. The third kappa shape index (κ3) is 7.41. The fourth-order valence-electron chi connectivity index (χ4n) is 4.73. The Morgan fingerprint density at radius 3 is 2.00 bits per heavy atom. The Hall–Kier alpha value is -3.67. The number of aromatic nitrogens is 1. The Bertz CT molecular complexity index is 1060. The summed E-state index contributed by atoms with van der Waals surface area (Å²) < 4.78 is 0. The zero-order valence-corrected chi connectivity index (χ0v) is 21.7. The molecule has 0 bridgehead atoms. The van der Waals surface area contributed by atoms with Gasteiger partial charge in [-0.2, -0.15) is 0 Å². The van der Waals surface area contributed by atoms with Crippen LogP contribution in [0.3, 0.4) is 0 Å².